The Morgan fingerprint density at radius 2 is 1.94 bits per heavy atom. The first-order chi connectivity index (χ1) is 8.04. The number of ether oxygens (including phenoxy) is 1. The van der Waals surface area contributed by atoms with Crippen molar-refractivity contribution in [2.24, 2.45) is 11.8 Å². The molecule has 0 amide bonds. The smallest absolute Gasteiger partial charge is 0.320 e. The minimum atomic E-state index is -1.12. The van der Waals surface area contributed by atoms with Crippen LogP contribution in [-0.2, 0) is 14.3 Å². The second kappa shape index (κ2) is 6.23. The molecule has 4 nitrogen and oxygen atoms in total. The van der Waals surface area contributed by atoms with Crippen LogP contribution >= 0.6 is 0 Å². The molecule has 1 aliphatic rings. The Kier molecular flexibility index (Phi) is 4.94. The van der Waals surface area contributed by atoms with Gasteiger partial charge in [0, 0.05) is 0 Å². The lowest BCUT2D eigenvalue weighted by atomic mass is 9.95. The summed E-state index contributed by atoms with van der Waals surface area (Å²) >= 11 is 0. The Labute approximate surface area is 101 Å². The molecule has 0 aromatic rings. The molecule has 94 valence electrons. The van der Waals surface area contributed by atoms with Crippen LogP contribution in [0.15, 0.2) is 24.3 Å². The summed E-state index contributed by atoms with van der Waals surface area (Å²) in [6.07, 6.45) is 8.17. The first-order valence-corrected chi connectivity index (χ1v) is 5.82. The van der Waals surface area contributed by atoms with Gasteiger partial charge >= 0.3 is 11.9 Å². The minimum Gasteiger partial charge on any atom is -0.481 e. The van der Waals surface area contributed by atoms with E-state index in [4.69, 9.17) is 9.84 Å². The van der Waals surface area contributed by atoms with E-state index in [1.54, 1.807) is 6.92 Å². The van der Waals surface area contributed by atoms with E-state index in [1.807, 2.05) is 31.2 Å². The molecule has 0 saturated heterocycles. The number of carbonyl (C=O) groups is 2. The molecule has 0 aromatic heterocycles. The molecule has 1 aliphatic carbocycles. The first-order valence-electron chi connectivity index (χ1n) is 5.82. The molecule has 17 heavy (non-hydrogen) atoms. The van der Waals surface area contributed by atoms with Crippen LogP contribution in [0.25, 0.3) is 0 Å². The van der Waals surface area contributed by atoms with Crippen LogP contribution in [0.3, 0.4) is 0 Å². The van der Waals surface area contributed by atoms with Crippen molar-refractivity contribution in [2.75, 3.05) is 0 Å². The molecule has 4 heteroatoms. The Hall–Kier alpha value is -1.58. The second-order valence-corrected chi connectivity index (χ2v) is 4.22. The maximum Gasteiger partial charge on any atom is 0.320 e. The van der Waals surface area contributed by atoms with Crippen molar-refractivity contribution in [3.63, 3.8) is 0 Å². The van der Waals surface area contributed by atoms with Gasteiger partial charge in [0.05, 0.1) is 6.10 Å². The van der Waals surface area contributed by atoms with Gasteiger partial charge in [-0.1, -0.05) is 31.2 Å². The fourth-order valence-electron chi connectivity index (χ4n) is 1.57. The molecule has 0 aromatic carbocycles. The maximum atomic E-state index is 11.7. The summed E-state index contributed by atoms with van der Waals surface area (Å²) in [7, 11) is 0. The average Bonchev–Trinajstić information content (AvgIpc) is 2.77. The predicted molar refractivity (Wildman–Crippen MR) is 63.4 cm³/mol. The number of carbonyl (C=O) groups excluding carboxylic acids is 1. The molecule has 0 spiro atoms. The number of hydrogen-bond donors (Lipinski definition) is 1. The van der Waals surface area contributed by atoms with Crippen molar-refractivity contribution >= 4 is 11.9 Å². The van der Waals surface area contributed by atoms with Crippen molar-refractivity contribution in [1.82, 2.24) is 0 Å². The lowest BCUT2D eigenvalue weighted by Crippen LogP contribution is -2.29. The van der Waals surface area contributed by atoms with Crippen molar-refractivity contribution in [3.8, 4) is 0 Å². The molecule has 1 N–H and O–H groups in total. The zero-order valence-corrected chi connectivity index (χ0v) is 10.1. The maximum absolute atomic E-state index is 11.7. The van der Waals surface area contributed by atoms with Crippen LogP contribution in [0.1, 0.15) is 26.7 Å². The van der Waals surface area contributed by atoms with Crippen molar-refractivity contribution in [2.45, 2.75) is 32.8 Å². The van der Waals surface area contributed by atoms with Gasteiger partial charge < -0.3 is 9.84 Å². The fourth-order valence-corrected chi connectivity index (χ4v) is 1.57. The van der Waals surface area contributed by atoms with E-state index in [2.05, 4.69) is 0 Å². The molecule has 0 radical (unpaired) electrons. The molecular weight excluding hydrogens is 220 g/mol. The highest BCUT2D eigenvalue weighted by Gasteiger charge is 2.30. The SMILES string of the molecule is CCC(C)OC(=O)C(CC1C=CC=C1)C(=O)O. The van der Waals surface area contributed by atoms with E-state index >= 15 is 0 Å². The molecular formula is C13H18O4. The van der Waals surface area contributed by atoms with Crippen molar-refractivity contribution in [3.05, 3.63) is 24.3 Å². The summed E-state index contributed by atoms with van der Waals surface area (Å²) in [5, 5.41) is 9.04. The number of hydrogen-bond acceptors (Lipinski definition) is 3. The number of carboxylic acid groups (broad SMARTS) is 1. The standard InChI is InChI=1S/C13H18O4/c1-3-9(2)17-13(16)11(12(14)15)8-10-6-4-5-7-10/h4-7,9-11H,3,8H2,1-2H3,(H,14,15). The first kappa shape index (κ1) is 13.5. The zero-order valence-electron chi connectivity index (χ0n) is 10.1. The molecule has 0 fully saturated rings. The van der Waals surface area contributed by atoms with Crippen LogP contribution in [0, 0.1) is 11.8 Å². The summed E-state index contributed by atoms with van der Waals surface area (Å²) in [5.41, 5.74) is 0. The summed E-state index contributed by atoms with van der Waals surface area (Å²) in [6, 6.07) is 0. The number of rotatable bonds is 6. The van der Waals surface area contributed by atoms with Crippen LogP contribution < -0.4 is 0 Å². The highest BCUT2D eigenvalue weighted by molar-refractivity contribution is 5.94. The van der Waals surface area contributed by atoms with E-state index in [0.717, 1.165) is 0 Å². The Morgan fingerprint density at radius 1 is 1.35 bits per heavy atom. The van der Waals surface area contributed by atoms with Crippen LogP contribution in [0.4, 0.5) is 0 Å². The van der Waals surface area contributed by atoms with Crippen LogP contribution in [0.5, 0.6) is 0 Å². The lowest BCUT2D eigenvalue weighted by Gasteiger charge is -2.17. The highest BCUT2D eigenvalue weighted by Crippen LogP contribution is 2.21. The number of carboxylic acids is 1. The Bertz CT molecular complexity index is 331. The third-order valence-electron chi connectivity index (χ3n) is 2.81. The van der Waals surface area contributed by atoms with Gasteiger partial charge in [0.15, 0.2) is 5.92 Å². The number of aliphatic carboxylic acids is 1. The fraction of sp³-hybridized carbons (Fsp3) is 0.538. The van der Waals surface area contributed by atoms with Gasteiger partial charge in [-0.3, -0.25) is 9.59 Å². The summed E-state index contributed by atoms with van der Waals surface area (Å²) in [5.74, 6) is -2.82. The molecule has 0 saturated carbocycles. The van der Waals surface area contributed by atoms with Crippen LogP contribution in [-0.4, -0.2) is 23.1 Å². The van der Waals surface area contributed by atoms with E-state index in [0.29, 0.717) is 6.42 Å². The second-order valence-electron chi connectivity index (χ2n) is 4.22. The van der Waals surface area contributed by atoms with E-state index in [9.17, 15) is 9.59 Å². The third-order valence-corrected chi connectivity index (χ3v) is 2.81. The number of esters is 1. The zero-order chi connectivity index (χ0) is 12.8. The average molecular weight is 238 g/mol. The van der Waals surface area contributed by atoms with Gasteiger partial charge in [-0.05, 0) is 25.7 Å². The highest BCUT2D eigenvalue weighted by atomic mass is 16.5. The molecule has 0 bridgehead atoms. The van der Waals surface area contributed by atoms with Gasteiger partial charge in [0.1, 0.15) is 0 Å². The molecule has 1 rings (SSSR count). The summed E-state index contributed by atoms with van der Waals surface area (Å²) in [6.45, 7) is 3.64. The molecule has 0 aliphatic heterocycles. The lowest BCUT2D eigenvalue weighted by molar-refractivity contribution is -0.162. The van der Waals surface area contributed by atoms with Gasteiger partial charge in [0.2, 0.25) is 0 Å². The van der Waals surface area contributed by atoms with Gasteiger partial charge in [-0.2, -0.15) is 0 Å². The topological polar surface area (TPSA) is 63.6 Å². The number of allylic oxidation sites excluding steroid dienone is 4. The normalized spacial score (nSPS) is 18.0. The Balaban J connectivity index is 2.58. The largest absolute Gasteiger partial charge is 0.481 e. The van der Waals surface area contributed by atoms with Crippen molar-refractivity contribution in [1.29, 1.82) is 0 Å². The Morgan fingerprint density at radius 3 is 2.41 bits per heavy atom. The van der Waals surface area contributed by atoms with E-state index < -0.39 is 17.9 Å². The van der Waals surface area contributed by atoms with Gasteiger partial charge in [-0.15, -0.1) is 0 Å². The monoisotopic (exact) mass is 238 g/mol. The predicted octanol–water partition coefficient (Wildman–Crippen LogP) is 2.16. The minimum absolute atomic E-state index is 0.0144. The third kappa shape index (κ3) is 4.06. The molecule has 2 unspecified atom stereocenters. The van der Waals surface area contributed by atoms with Gasteiger partial charge in [-0.25, -0.2) is 0 Å². The van der Waals surface area contributed by atoms with Crippen molar-refractivity contribution < 1.29 is 19.4 Å². The quantitative estimate of drug-likeness (QED) is 0.569. The molecule has 0 heterocycles. The molecule has 2 atom stereocenters. The van der Waals surface area contributed by atoms with E-state index in [-0.39, 0.29) is 18.4 Å². The summed E-state index contributed by atoms with van der Waals surface area (Å²) < 4.78 is 5.07. The van der Waals surface area contributed by atoms with Crippen LogP contribution in [0.2, 0.25) is 0 Å². The van der Waals surface area contributed by atoms with E-state index in [1.165, 1.54) is 0 Å². The van der Waals surface area contributed by atoms with Gasteiger partial charge in [0.25, 0.3) is 0 Å². The summed E-state index contributed by atoms with van der Waals surface area (Å²) in [4.78, 5) is 22.7.